The van der Waals surface area contributed by atoms with Gasteiger partial charge in [0.25, 0.3) is 0 Å². The highest BCUT2D eigenvalue weighted by Crippen LogP contribution is 2.18. The van der Waals surface area contributed by atoms with Crippen molar-refractivity contribution in [1.29, 1.82) is 0 Å². The fourth-order valence-electron chi connectivity index (χ4n) is 1.93. The summed E-state index contributed by atoms with van der Waals surface area (Å²) in [4.78, 5) is 0. The Morgan fingerprint density at radius 3 is 2.63 bits per heavy atom. The van der Waals surface area contributed by atoms with Gasteiger partial charge in [0.15, 0.2) is 0 Å². The van der Waals surface area contributed by atoms with E-state index in [0.29, 0.717) is 29.8 Å². The molecule has 0 amide bonds. The zero-order valence-electron chi connectivity index (χ0n) is 11.7. The first kappa shape index (κ1) is 15.9. The van der Waals surface area contributed by atoms with Crippen LogP contribution < -0.4 is 4.74 Å². The van der Waals surface area contributed by atoms with Crippen LogP contribution in [0.1, 0.15) is 32.8 Å². The summed E-state index contributed by atoms with van der Waals surface area (Å²) in [6.45, 7) is 7.10. The fourth-order valence-corrected chi connectivity index (χ4v) is 1.99. The number of benzene rings is 1. The van der Waals surface area contributed by atoms with Gasteiger partial charge in [-0.05, 0) is 30.4 Å². The van der Waals surface area contributed by atoms with E-state index in [4.69, 9.17) is 16.3 Å². The molecule has 19 heavy (non-hydrogen) atoms. The lowest BCUT2D eigenvalue weighted by Crippen LogP contribution is -2.11. The van der Waals surface area contributed by atoms with Crippen molar-refractivity contribution in [2.75, 3.05) is 12.5 Å². The maximum Gasteiger partial charge on any atom is 0.142 e. The van der Waals surface area contributed by atoms with Crippen LogP contribution >= 0.6 is 11.6 Å². The van der Waals surface area contributed by atoms with E-state index in [1.165, 1.54) is 6.07 Å². The zero-order valence-corrected chi connectivity index (χ0v) is 12.4. The molecule has 0 aliphatic rings. The lowest BCUT2D eigenvalue weighted by Gasteiger charge is -2.15. The molecule has 0 bridgehead atoms. The molecular formula is C16H20ClFO. The molecule has 0 spiro atoms. The van der Waals surface area contributed by atoms with Crippen LogP contribution in [0.5, 0.6) is 5.75 Å². The summed E-state index contributed by atoms with van der Waals surface area (Å²) in [6.07, 6.45) is 1.10. The average Bonchev–Trinajstić information content (AvgIpc) is 2.34. The van der Waals surface area contributed by atoms with Crippen molar-refractivity contribution in [1.82, 2.24) is 0 Å². The SMILES string of the molecule is CC(C)CC(C)COc1ccc(C#CCCl)c(F)c1. The summed E-state index contributed by atoms with van der Waals surface area (Å²) in [6, 6.07) is 4.74. The van der Waals surface area contributed by atoms with Crippen molar-refractivity contribution in [3.05, 3.63) is 29.6 Å². The van der Waals surface area contributed by atoms with E-state index < -0.39 is 0 Å². The van der Waals surface area contributed by atoms with Crippen LogP contribution in [-0.2, 0) is 0 Å². The van der Waals surface area contributed by atoms with Gasteiger partial charge in [0.05, 0.1) is 18.1 Å². The first-order valence-corrected chi connectivity index (χ1v) is 7.03. The van der Waals surface area contributed by atoms with Crippen LogP contribution in [-0.4, -0.2) is 12.5 Å². The lowest BCUT2D eigenvalue weighted by molar-refractivity contribution is 0.238. The zero-order chi connectivity index (χ0) is 14.3. The molecular weight excluding hydrogens is 263 g/mol. The Morgan fingerprint density at radius 1 is 1.32 bits per heavy atom. The number of halogens is 2. The number of hydrogen-bond donors (Lipinski definition) is 0. The molecule has 0 radical (unpaired) electrons. The molecule has 1 atom stereocenters. The summed E-state index contributed by atoms with van der Waals surface area (Å²) in [5.74, 6) is 6.77. The monoisotopic (exact) mass is 282 g/mol. The molecule has 0 aliphatic carbocycles. The van der Waals surface area contributed by atoms with Crippen molar-refractivity contribution in [3.63, 3.8) is 0 Å². The van der Waals surface area contributed by atoms with E-state index >= 15 is 0 Å². The normalized spacial score (nSPS) is 11.9. The summed E-state index contributed by atoms with van der Waals surface area (Å²) >= 11 is 5.44. The maximum atomic E-state index is 13.7. The lowest BCUT2D eigenvalue weighted by atomic mass is 10.00. The van der Waals surface area contributed by atoms with Gasteiger partial charge >= 0.3 is 0 Å². The topological polar surface area (TPSA) is 9.23 Å². The van der Waals surface area contributed by atoms with E-state index in [0.717, 1.165) is 6.42 Å². The molecule has 0 heterocycles. The Balaban J connectivity index is 2.59. The van der Waals surface area contributed by atoms with Gasteiger partial charge in [-0.2, -0.15) is 0 Å². The number of hydrogen-bond acceptors (Lipinski definition) is 1. The van der Waals surface area contributed by atoms with Crippen molar-refractivity contribution in [2.45, 2.75) is 27.2 Å². The average molecular weight is 283 g/mol. The van der Waals surface area contributed by atoms with Gasteiger partial charge < -0.3 is 4.74 Å². The van der Waals surface area contributed by atoms with Crippen LogP contribution in [0.3, 0.4) is 0 Å². The Bertz CT molecular complexity index is 460. The molecule has 0 saturated heterocycles. The van der Waals surface area contributed by atoms with Crippen LogP contribution in [0.2, 0.25) is 0 Å². The highest BCUT2D eigenvalue weighted by molar-refractivity contribution is 6.19. The molecule has 1 aromatic carbocycles. The molecule has 0 N–H and O–H groups in total. The predicted molar refractivity (Wildman–Crippen MR) is 78.1 cm³/mol. The van der Waals surface area contributed by atoms with Crippen LogP contribution in [0.4, 0.5) is 4.39 Å². The Labute approximate surface area is 120 Å². The highest BCUT2D eigenvalue weighted by atomic mass is 35.5. The summed E-state index contributed by atoms with van der Waals surface area (Å²) in [7, 11) is 0. The van der Waals surface area contributed by atoms with E-state index in [1.807, 2.05) is 0 Å². The first-order chi connectivity index (χ1) is 9.02. The highest BCUT2D eigenvalue weighted by Gasteiger charge is 2.07. The van der Waals surface area contributed by atoms with E-state index in [1.54, 1.807) is 12.1 Å². The smallest absolute Gasteiger partial charge is 0.142 e. The number of rotatable bonds is 5. The van der Waals surface area contributed by atoms with Crippen molar-refractivity contribution < 1.29 is 9.13 Å². The van der Waals surface area contributed by atoms with Crippen molar-refractivity contribution >= 4 is 11.6 Å². The second-order valence-corrected chi connectivity index (χ2v) is 5.39. The molecule has 1 rings (SSSR count). The summed E-state index contributed by atoms with van der Waals surface area (Å²) in [5.41, 5.74) is 0.350. The van der Waals surface area contributed by atoms with Gasteiger partial charge in [0.2, 0.25) is 0 Å². The standard InChI is InChI=1S/C16H20ClFO/c1-12(2)9-13(3)11-19-15-7-6-14(5-4-8-17)16(18)10-15/h6-7,10,12-13H,8-9,11H2,1-3H3. The second kappa shape index (κ2) is 8.07. The molecule has 3 heteroatoms. The third-order valence-electron chi connectivity index (χ3n) is 2.64. The van der Waals surface area contributed by atoms with Crippen molar-refractivity contribution in [2.24, 2.45) is 11.8 Å². The Kier molecular flexibility index (Phi) is 6.73. The van der Waals surface area contributed by atoms with Gasteiger partial charge in [-0.25, -0.2) is 4.39 Å². The molecule has 0 saturated carbocycles. The van der Waals surface area contributed by atoms with Crippen LogP contribution in [0.15, 0.2) is 18.2 Å². The van der Waals surface area contributed by atoms with Crippen LogP contribution in [0.25, 0.3) is 0 Å². The van der Waals surface area contributed by atoms with Gasteiger partial charge in [-0.3, -0.25) is 0 Å². The quantitative estimate of drug-likeness (QED) is 0.572. The molecule has 1 aromatic rings. The van der Waals surface area contributed by atoms with Gasteiger partial charge in [-0.15, -0.1) is 11.6 Å². The van der Waals surface area contributed by atoms with Gasteiger partial charge in [0.1, 0.15) is 11.6 Å². The summed E-state index contributed by atoms with van der Waals surface area (Å²) in [5, 5.41) is 0. The molecule has 0 aliphatic heterocycles. The maximum absolute atomic E-state index is 13.7. The Hall–Kier alpha value is -1.20. The minimum absolute atomic E-state index is 0.199. The van der Waals surface area contributed by atoms with E-state index in [-0.39, 0.29) is 11.7 Å². The van der Waals surface area contributed by atoms with Gasteiger partial charge in [0, 0.05) is 6.07 Å². The molecule has 0 fully saturated rings. The van der Waals surface area contributed by atoms with E-state index in [9.17, 15) is 4.39 Å². The van der Waals surface area contributed by atoms with Gasteiger partial charge in [-0.1, -0.05) is 32.6 Å². The minimum atomic E-state index is -0.369. The third kappa shape index (κ3) is 5.98. The first-order valence-electron chi connectivity index (χ1n) is 6.50. The molecule has 0 aromatic heterocycles. The predicted octanol–water partition coefficient (Wildman–Crippen LogP) is 4.48. The van der Waals surface area contributed by atoms with Crippen LogP contribution in [0, 0.1) is 29.5 Å². The Morgan fingerprint density at radius 2 is 2.05 bits per heavy atom. The largest absolute Gasteiger partial charge is 0.493 e. The summed E-state index contributed by atoms with van der Waals surface area (Å²) < 4.78 is 19.3. The van der Waals surface area contributed by atoms with Crippen molar-refractivity contribution in [3.8, 4) is 17.6 Å². The third-order valence-corrected chi connectivity index (χ3v) is 2.77. The molecule has 104 valence electrons. The number of alkyl halides is 1. The second-order valence-electron chi connectivity index (χ2n) is 5.12. The molecule has 1 nitrogen and oxygen atoms in total. The number of ether oxygens (including phenoxy) is 1. The minimum Gasteiger partial charge on any atom is -0.493 e. The fraction of sp³-hybridized carbons (Fsp3) is 0.500. The molecule has 1 unspecified atom stereocenters. The van der Waals surface area contributed by atoms with E-state index in [2.05, 4.69) is 32.6 Å².